The first-order valence-corrected chi connectivity index (χ1v) is 32.8. The van der Waals surface area contributed by atoms with E-state index in [-0.39, 0.29) is 121 Å². The van der Waals surface area contributed by atoms with Gasteiger partial charge in [-0.1, -0.05) is 97.1 Å². The van der Waals surface area contributed by atoms with Crippen molar-refractivity contribution in [3.8, 4) is 23.0 Å². The van der Waals surface area contributed by atoms with Crippen LogP contribution in [0.1, 0.15) is 118 Å². The summed E-state index contributed by atoms with van der Waals surface area (Å²) in [7, 11) is -4.97. The van der Waals surface area contributed by atoms with Crippen molar-refractivity contribution in [3.63, 3.8) is 0 Å². The van der Waals surface area contributed by atoms with E-state index in [1.807, 2.05) is 0 Å². The Morgan fingerprint density at radius 3 is 1.00 bits per heavy atom. The third-order valence-electron chi connectivity index (χ3n) is 15.2. The van der Waals surface area contributed by atoms with Crippen molar-refractivity contribution >= 4 is 55.3 Å². The van der Waals surface area contributed by atoms with Crippen LogP contribution in [0.5, 0.6) is 23.0 Å². The van der Waals surface area contributed by atoms with Crippen LogP contribution in [-0.2, 0) is 99.9 Å². The van der Waals surface area contributed by atoms with E-state index in [1.165, 1.54) is 38.1 Å². The lowest BCUT2D eigenvalue weighted by atomic mass is 9.89. The Bertz CT molecular complexity index is 3440. The normalized spacial score (nSPS) is 18.6. The second kappa shape index (κ2) is 34.5. The zero-order valence-electron chi connectivity index (χ0n) is 53.8. The highest BCUT2D eigenvalue weighted by Crippen LogP contribution is 2.44. The fourth-order valence-electron chi connectivity index (χ4n) is 10.9. The summed E-state index contributed by atoms with van der Waals surface area (Å²) >= 11 is 0. The number of esters is 4. The lowest BCUT2D eigenvalue weighted by Crippen LogP contribution is -2.50. The fourth-order valence-corrected chi connectivity index (χ4v) is 11.7. The Hall–Kier alpha value is -9.61. The standard InChI is InChI=1S/C70H79N4O20P/c1-7-85-59(75)39-89-63-47-23-17-24-48(63)30-52-34-56-36-54(66(52)92-42-62(78)88-10-4)32-50-26-18-25-49(64(50)90-40-60(76)86-8-2)31-53-35-55(33-51(29-47)65(53)91-41-61(77)87-9-3)69(81)71-43(5)67(79)73-57(27-45-19-13-11-14-20-45)37-93-95(83,84)94-38-58(28-46-21-15-12-16-22-46)74-68(80)44(6)72-70(56)82/h11-26,33-36,43-44,57-58H,7-10,27-32,37-42H2,1-6H3,(H,71,81)(H,72,82)(H,73,79)(H,74,80)(H,83,84)/t43-,44-,57-,58?/m0/s1. The van der Waals surface area contributed by atoms with Gasteiger partial charge in [0.15, 0.2) is 26.4 Å². The molecule has 5 atom stereocenters. The van der Waals surface area contributed by atoms with Gasteiger partial charge in [-0.3, -0.25) is 28.2 Å². The number of ether oxygens (including phenoxy) is 8. The van der Waals surface area contributed by atoms with Crippen LogP contribution < -0.4 is 40.2 Å². The summed E-state index contributed by atoms with van der Waals surface area (Å²) in [4.78, 5) is 123. The molecule has 0 fully saturated rings. The minimum atomic E-state index is -4.97. The number of hydrogen-bond acceptors (Lipinski definition) is 19. The molecule has 2 unspecified atom stereocenters. The van der Waals surface area contributed by atoms with E-state index < -0.39 is 119 Å². The molecule has 6 aromatic rings. The number of carbonyl (C=O) groups excluding carboxylic acids is 8. The van der Waals surface area contributed by atoms with Crippen molar-refractivity contribution in [2.75, 3.05) is 66.1 Å². The van der Waals surface area contributed by atoms with E-state index in [2.05, 4.69) is 21.3 Å². The van der Waals surface area contributed by atoms with Gasteiger partial charge in [-0.2, -0.15) is 0 Å². The third-order valence-corrected chi connectivity index (χ3v) is 16.1. The van der Waals surface area contributed by atoms with Crippen LogP contribution in [0.15, 0.2) is 121 Å². The van der Waals surface area contributed by atoms with E-state index in [1.54, 1.807) is 125 Å². The smallest absolute Gasteiger partial charge is 0.472 e. The van der Waals surface area contributed by atoms with Gasteiger partial charge in [-0.05, 0) is 134 Å². The monoisotopic (exact) mass is 1330 g/mol. The van der Waals surface area contributed by atoms with Gasteiger partial charge in [0.1, 0.15) is 35.1 Å². The summed E-state index contributed by atoms with van der Waals surface area (Å²) in [6.45, 7) is 6.09. The van der Waals surface area contributed by atoms with Crippen molar-refractivity contribution in [1.29, 1.82) is 0 Å². The van der Waals surface area contributed by atoms with Gasteiger partial charge < -0.3 is 64.1 Å². The number of rotatable bonds is 20. The van der Waals surface area contributed by atoms with E-state index >= 15 is 9.59 Å². The number of amides is 4. The Labute approximate surface area is 550 Å². The quantitative estimate of drug-likeness (QED) is 0.0223. The van der Waals surface area contributed by atoms with Gasteiger partial charge in [-0.25, -0.2) is 23.7 Å². The van der Waals surface area contributed by atoms with Gasteiger partial charge in [0.25, 0.3) is 11.8 Å². The molecule has 24 nitrogen and oxygen atoms in total. The summed E-state index contributed by atoms with van der Waals surface area (Å²) in [5, 5.41) is 11.3. The molecule has 1 aliphatic carbocycles. The van der Waals surface area contributed by atoms with E-state index in [0.717, 1.165) is 11.1 Å². The molecule has 3 aliphatic rings. The summed E-state index contributed by atoms with van der Waals surface area (Å²) in [5.74, 6) is -5.24. The van der Waals surface area contributed by atoms with Crippen molar-refractivity contribution in [3.05, 3.63) is 188 Å². The molecule has 2 heterocycles. The summed E-state index contributed by atoms with van der Waals surface area (Å²) in [5.41, 5.74) is 4.23. The topological polar surface area (TPSA) is 314 Å². The summed E-state index contributed by atoms with van der Waals surface area (Å²) < 4.78 is 72.1. The zero-order chi connectivity index (χ0) is 68.0. The van der Waals surface area contributed by atoms with E-state index in [0.29, 0.717) is 22.3 Å². The molecule has 5 N–H and O–H groups in total. The molecule has 4 amide bonds. The number of hydrogen-bond donors (Lipinski definition) is 5. The van der Waals surface area contributed by atoms with Crippen molar-refractivity contribution in [1.82, 2.24) is 21.3 Å². The van der Waals surface area contributed by atoms with Gasteiger partial charge >= 0.3 is 31.7 Å². The maximum Gasteiger partial charge on any atom is 0.472 e. The predicted molar refractivity (Wildman–Crippen MR) is 345 cm³/mol. The third kappa shape index (κ3) is 20.7. The molecule has 95 heavy (non-hydrogen) atoms. The number of phosphoric acid groups is 1. The van der Waals surface area contributed by atoms with E-state index in [9.17, 15) is 38.2 Å². The number of para-hydroxylation sites is 2. The molecule has 6 aromatic carbocycles. The number of phosphoric ester groups is 1. The summed E-state index contributed by atoms with van der Waals surface area (Å²) in [6, 6.07) is 29.7. The first kappa shape index (κ1) is 71.2. The molecule has 0 saturated heterocycles. The Kier molecular flexibility index (Phi) is 25.9. The van der Waals surface area contributed by atoms with E-state index in [4.69, 9.17) is 46.9 Å². The largest absolute Gasteiger partial charge is 0.481 e. The van der Waals surface area contributed by atoms with Crippen LogP contribution in [-0.4, -0.2) is 143 Å². The van der Waals surface area contributed by atoms with Crippen LogP contribution in [0, 0.1) is 0 Å². The number of fused-ring (bicyclic) bond motifs is 16. The van der Waals surface area contributed by atoms with Crippen molar-refractivity contribution in [2.45, 2.75) is 104 Å². The molecular weight excluding hydrogens is 1250 g/mol. The minimum absolute atomic E-state index is 0.00509. The SMILES string of the molecule is CCOC(=O)COc1c2cccc1Cc1cc3cc(c1OCC(=O)OCC)Cc1cccc(c1OCC(=O)OCC)Cc1cc(cc(c1OCC(=O)OCC)C2)C(=O)N[C@@H](C)C(=O)NC(Cc1ccccc1)COP(=O)(O)OC[C@H](Cc1ccccc1)NC(=O)[C@H](C)NC3=O. The lowest BCUT2D eigenvalue weighted by molar-refractivity contribution is -0.146. The van der Waals surface area contributed by atoms with Gasteiger partial charge in [0.05, 0.1) is 51.7 Å². The second-order valence-corrected chi connectivity index (χ2v) is 23.8. The maximum atomic E-state index is 15.0. The molecule has 0 saturated carbocycles. The fraction of sp³-hybridized carbons (Fsp3) is 0.371. The Morgan fingerprint density at radius 2 is 0.716 bits per heavy atom. The highest BCUT2D eigenvalue weighted by atomic mass is 31.2. The first-order chi connectivity index (χ1) is 45.7. The highest BCUT2D eigenvalue weighted by Gasteiger charge is 2.32. The van der Waals surface area contributed by atoms with Gasteiger partial charge in [0, 0.05) is 36.8 Å². The summed E-state index contributed by atoms with van der Waals surface area (Å²) in [6.07, 6.45) is -0.394. The highest BCUT2D eigenvalue weighted by molar-refractivity contribution is 7.47. The van der Waals surface area contributed by atoms with Crippen LogP contribution in [0.3, 0.4) is 0 Å². The maximum absolute atomic E-state index is 15.0. The lowest BCUT2D eigenvalue weighted by Gasteiger charge is -2.25. The predicted octanol–water partition coefficient (Wildman–Crippen LogP) is 6.97. The van der Waals surface area contributed by atoms with Crippen LogP contribution in [0.25, 0.3) is 0 Å². The van der Waals surface area contributed by atoms with Gasteiger partial charge in [-0.15, -0.1) is 0 Å². The Balaban J connectivity index is 1.38. The molecule has 504 valence electrons. The molecule has 10 bridgehead atoms. The average molecular weight is 1330 g/mol. The average Bonchev–Trinajstić information content (AvgIpc) is 0.782. The molecule has 2 aliphatic heterocycles. The van der Waals surface area contributed by atoms with Crippen molar-refractivity contribution in [2.24, 2.45) is 0 Å². The van der Waals surface area contributed by atoms with Gasteiger partial charge in [0.2, 0.25) is 11.8 Å². The minimum Gasteiger partial charge on any atom is -0.481 e. The first-order valence-electron chi connectivity index (χ1n) is 31.3. The zero-order valence-corrected chi connectivity index (χ0v) is 54.7. The molecular formula is C70H79N4O20P. The molecule has 9 rings (SSSR count). The number of nitrogens with one attached hydrogen (secondary N) is 4. The second-order valence-electron chi connectivity index (χ2n) is 22.4. The molecule has 25 heteroatoms. The van der Waals surface area contributed by atoms with Crippen molar-refractivity contribution < 1.29 is 94.8 Å². The molecule has 0 aromatic heterocycles. The Morgan fingerprint density at radius 1 is 0.432 bits per heavy atom. The number of carbonyl (C=O) groups is 8. The number of benzene rings is 6. The molecule has 0 spiro atoms. The van der Waals surface area contributed by atoms with Crippen LogP contribution >= 0.6 is 7.82 Å². The molecule has 0 radical (unpaired) electrons. The van der Waals surface area contributed by atoms with Crippen LogP contribution in [0.4, 0.5) is 0 Å². The van der Waals surface area contributed by atoms with Crippen LogP contribution in [0.2, 0.25) is 0 Å².